The number of ether oxygens (including phenoxy) is 2. The van der Waals surface area contributed by atoms with Gasteiger partial charge in [0.1, 0.15) is 12.6 Å². The maximum absolute atomic E-state index is 12.6. The number of carbonyl (C=O) groups is 3. The molecule has 0 aromatic heterocycles. The molecule has 0 saturated carbocycles. The highest BCUT2D eigenvalue weighted by molar-refractivity contribution is 7.47. The van der Waals surface area contributed by atoms with Gasteiger partial charge in [0.05, 0.1) is 13.2 Å². The highest BCUT2D eigenvalue weighted by Crippen LogP contribution is 2.43. The molecule has 0 rings (SSSR count). The molecule has 12 heteroatoms. The monoisotopic (exact) mass is 814 g/mol. The van der Waals surface area contributed by atoms with Crippen LogP contribution in [0.3, 0.4) is 0 Å². The van der Waals surface area contributed by atoms with Crippen molar-refractivity contribution in [2.75, 3.05) is 19.8 Å². The first-order chi connectivity index (χ1) is 27.1. The third-order valence-electron chi connectivity index (χ3n) is 9.36. The maximum atomic E-state index is 12.6. The minimum Gasteiger partial charge on any atom is -0.480 e. The molecule has 56 heavy (non-hydrogen) atoms. The van der Waals surface area contributed by atoms with Gasteiger partial charge in [-0.3, -0.25) is 23.4 Å². The number of phosphoric ester groups is 1. The number of nitrogens with two attached hydrogens (primary N) is 1. The summed E-state index contributed by atoms with van der Waals surface area (Å²) in [5.41, 5.74) is 5.33. The molecule has 0 aliphatic heterocycles. The topological polar surface area (TPSA) is 172 Å². The molecular formula is C44H80NO10P. The number of allylic oxidation sites excluding steroid dienone is 6. The van der Waals surface area contributed by atoms with Gasteiger partial charge in [0.2, 0.25) is 0 Å². The standard InChI is InChI=1S/C44H80NO10P/c1-3-5-7-9-11-13-15-17-19-20-22-23-25-27-29-31-33-35-42(46)52-37-40(38-53-56(50,51)54-39-41(45)44(48)49)55-43(47)36-34-32-30-28-26-24-21-18-16-14-12-10-8-6-4-2/h11,13,17,19,24,26,40-41H,3-10,12,14-16,18,20-23,25,27-39,45H2,1-2H3,(H,48,49)(H,50,51)/b13-11+,19-17+,26-24+/t40-,41+/m1/s1. The average molecular weight is 814 g/mol. The number of carbonyl (C=O) groups excluding carboxylic acids is 2. The van der Waals surface area contributed by atoms with Gasteiger partial charge in [-0.1, -0.05) is 147 Å². The molecule has 0 aromatic rings. The molecule has 0 aromatic carbocycles. The zero-order valence-corrected chi connectivity index (χ0v) is 36.1. The number of rotatable bonds is 41. The minimum absolute atomic E-state index is 0.140. The van der Waals surface area contributed by atoms with Crippen molar-refractivity contribution in [3.05, 3.63) is 36.5 Å². The summed E-state index contributed by atoms with van der Waals surface area (Å²) in [6.07, 6.45) is 42.0. The number of hydrogen-bond donors (Lipinski definition) is 3. The number of unbranched alkanes of at least 4 members (excludes halogenated alkanes) is 21. The first kappa shape index (κ1) is 53.7. The van der Waals surface area contributed by atoms with Crippen LogP contribution in [-0.4, -0.2) is 59.9 Å². The number of phosphoric acid groups is 1. The fraction of sp³-hybridized carbons (Fsp3) is 0.795. The van der Waals surface area contributed by atoms with Gasteiger partial charge in [-0.15, -0.1) is 0 Å². The van der Waals surface area contributed by atoms with Crippen LogP contribution in [0.15, 0.2) is 36.5 Å². The Kier molecular flexibility index (Phi) is 37.9. The molecule has 0 radical (unpaired) electrons. The first-order valence-corrected chi connectivity index (χ1v) is 23.5. The molecule has 0 saturated heterocycles. The van der Waals surface area contributed by atoms with Gasteiger partial charge in [0.15, 0.2) is 6.10 Å². The summed E-state index contributed by atoms with van der Waals surface area (Å²) in [6, 6.07) is -1.52. The molecule has 0 bridgehead atoms. The normalized spacial score (nSPS) is 14.1. The van der Waals surface area contributed by atoms with E-state index in [0.717, 1.165) is 57.8 Å². The maximum Gasteiger partial charge on any atom is 0.472 e. The van der Waals surface area contributed by atoms with Crippen molar-refractivity contribution in [3.8, 4) is 0 Å². The number of aliphatic carboxylic acids is 1. The van der Waals surface area contributed by atoms with Gasteiger partial charge in [-0.2, -0.15) is 0 Å². The van der Waals surface area contributed by atoms with E-state index in [1.54, 1.807) is 0 Å². The molecule has 326 valence electrons. The number of carboxylic acid groups (broad SMARTS) is 1. The van der Waals surface area contributed by atoms with Crippen LogP contribution >= 0.6 is 7.82 Å². The SMILES string of the molecule is CCCCC/C=C/C/C=C/CCCCCCCCCC(=O)OC[C@H](COP(=O)(O)OC[C@H](N)C(=O)O)OC(=O)CCCCC/C=C/CCCCCCCCCC. The molecule has 11 nitrogen and oxygen atoms in total. The second-order valence-corrected chi connectivity index (χ2v) is 16.3. The Balaban J connectivity index is 4.38. The molecular weight excluding hydrogens is 733 g/mol. The van der Waals surface area contributed by atoms with Crippen molar-refractivity contribution in [3.63, 3.8) is 0 Å². The van der Waals surface area contributed by atoms with Gasteiger partial charge in [0, 0.05) is 12.8 Å². The molecule has 0 aliphatic rings. The van der Waals surface area contributed by atoms with Crippen LogP contribution in [-0.2, 0) is 37.5 Å². The van der Waals surface area contributed by atoms with Crippen molar-refractivity contribution in [1.29, 1.82) is 0 Å². The average Bonchev–Trinajstić information content (AvgIpc) is 3.17. The van der Waals surface area contributed by atoms with Crippen LogP contribution in [0.25, 0.3) is 0 Å². The lowest BCUT2D eigenvalue weighted by molar-refractivity contribution is -0.161. The summed E-state index contributed by atoms with van der Waals surface area (Å²) in [6.45, 7) is 2.76. The number of esters is 2. The lowest BCUT2D eigenvalue weighted by Crippen LogP contribution is -2.34. The van der Waals surface area contributed by atoms with Crippen LogP contribution < -0.4 is 5.73 Å². The van der Waals surface area contributed by atoms with Crippen molar-refractivity contribution in [2.24, 2.45) is 5.73 Å². The van der Waals surface area contributed by atoms with Crippen molar-refractivity contribution in [2.45, 2.75) is 206 Å². The van der Waals surface area contributed by atoms with Crippen LogP contribution in [0.2, 0.25) is 0 Å². The van der Waals surface area contributed by atoms with Crippen LogP contribution in [0.4, 0.5) is 0 Å². The Labute approximate surface area is 340 Å². The zero-order chi connectivity index (χ0) is 41.4. The Bertz CT molecular complexity index is 1100. The summed E-state index contributed by atoms with van der Waals surface area (Å²) in [4.78, 5) is 45.9. The molecule has 0 fully saturated rings. The highest BCUT2D eigenvalue weighted by atomic mass is 31.2. The van der Waals surface area contributed by atoms with Crippen molar-refractivity contribution < 1.29 is 47.5 Å². The Morgan fingerprint density at radius 3 is 1.46 bits per heavy atom. The summed E-state index contributed by atoms with van der Waals surface area (Å²) in [5.74, 6) is -2.41. The largest absolute Gasteiger partial charge is 0.480 e. The van der Waals surface area contributed by atoms with E-state index in [-0.39, 0.29) is 19.4 Å². The Morgan fingerprint density at radius 2 is 0.946 bits per heavy atom. The summed E-state index contributed by atoms with van der Waals surface area (Å²) in [5, 5.41) is 8.89. The van der Waals surface area contributed by atoms with Gasteiger partial charge in [-0.05, 0) is 70.6 Å². The van der Waals surface area contributed by atoms with E-state index >= 15 is 0 Å². The predicted molar refractivity (Wildman–Crippen MR) is 226 cm³/mol. The van der Waals surface area contributed by atoms with E-state index in [9.17, 15) is 23.8 Å². The lowest BCUT2D eigenvalue weighted by Gasteiger charge is -2.20. The highest BCUT2D eigenvalue weighted by Gasteiger charge is 2.28. The van der Waals surface area contributed by atoms with Crippen LogP contribution in [0.5, 0.6) is 0 Å². The van der Waals surface area contributed by atoms with Crippen molar-refractivity contribution in [1.82, 2.24) is 0 Å². The van der Waals surface area contributed by atoms with Crippen LogP contribution in [0, 0.1) is 0 Å². The van der Waals surface area contributed by atoms with Crippen LogP contribution in [0.1, 0.15) is 194 Å². The second-order valence-electron chi connectivity index (χ2n) is 14.8. The predicted octanol–water partition coefficient (Wildman–Crippen LogP) is 11.6. The zero-order valence-electron chi connectivity index (χ0n) is 35.2. The van der Waals surface area contributed by atoms with E-state index in [0.29, 0.717) is 12.8 Å². The third-order valence-corrected chi connectivity index (χ3v) is 10.3. The second kappa shape index (κ2) is 39.5. The molecule has 0 amide bonds. The fourth-order valence-corrected chi connectivity index (χ4v) is 6.63. The van der Waals surface area contributed by atoms with E-state index in [2.05, 4.69) is 54.8 Å². The summed E-state index contributed by atoms with van der Waals surface area (Å²) >= 11 is 0. The Morgan fingerprint density at radius 1 is 0.554 bits per heavy atom. The van der Waals surface area contributed by atoms with Gasteiger partial charge in [-0.25, -0.2) is 4.57 Å². The molecule has 0 heterocycles. The third kappa shape index (κ3) is 38.6. The molecule has 0 spiro atoms. The molecule has 1 unspecified atom stereocenters. The Hall–Kier alpha value is -2.30. The molecule has 0 aliphatic carbocycles. The summed E-state index contributed by atoms with van der Waals surface area (Å²) < 4.78 is 32.7. The smallest absolute Gasteiger partial charge is 0.472 e. The fourth-order valence-electron chi connectivity index (χ4n) is 5.85. The van der Waals surface area contributed by atoms with Gasteiger partial charge < -0.3 is 25.2 Å². The number of carboxylic acids is 1. The molecule has 3 atom stereocenters. The molecule has 4 N–H and O–H groups in total. The van der Waals surface area contributed by atoms with Gasteiger partial charge >= 0.3 is 25.7 Å². The minimum atomic E-state index is -4.72. The van der Waals surface area contributed by atoms with E-state index in [4.69, 9.17) is 24.8 Å². The number of hydrogen-bond acceptors (Lipinski definition) is 9. The van der Waals surface area contributed by atoms with E-state index in [1.165, 1.54) is 96.3 Å². The quantitative estimate of drug-likeness (QED) is 0.0232. The first-order valence-electron chi connectivity index (χ1n) is 22.0. The van der Waals surface area contributed by atoms with Gasteiger partial charge in [0.25, 0.3) is 0 Å². The van der Waals surface area contributed by atoms with E-state index in [1.807, 2.05) is 0 Å². The summed E-state index contributed by atoms with van der Waals surface area (Å²) in [7, 11) is -4.72. The van der Waals surface area contributed by atoms with Crippen molar-refractivity contribution >= 4 is 25.7 Å². The lowest BCUT2D eigenvalue weighted by atomic mass is 10.1. The van der Waals surface area contributed by atoms with E-state index < -0.39 is 51.1 Å².